The van der Waals surface area contributed by atoms with E-state index in [0.29, 0.717) is 17.1 Å². The highest BCUT2D eigenvalue weighted by Gasteiger charge is 2.07. The van der Waals surface area contributed by atoms with E-state index < -0.39 is 5.91 Å². The second kappa shape index (κ2) is 10.6. The molecule has 0 fully saturated rings. The molecule has 0 aliphatic heterocycles. The van der Waals surface area contributed by atoms with Gasteiger partial charge < -0.3 is 15.0 Å². The lowest BCUT2D eigenvalue weighted by Gasteiger charge is -2.13. The highest BCUT2D eigenvalue weighted by molar-refractivity contribution is 9.10. The van der Waals surface area contributed by atoms with E-state index in [-0.39, 0.29) is 18.9 Å². The summed E-state index contributed by atoms with van der Waals surface area (Å²) in [6.45, 7) is 3.45. The van der Waals surface area contributed by atoms with Gasteiger partial charge in [-0.15, -0.1) is 0 Å². The average molecular weight is 461 g/mol. The fourth-order valence-electron chi connectivity index (χ4n) is 2.37. The minimum absolute atomic E-state index is 0.0719. The number of nitrogens with zero attached hydrogens (tertiary/aromatic N) is 2. The predicted octanol–water partition coefficient (Wildman–Crippen LogP) is 3.72. The minimum atomic E-state index is -0.399. The van der Waals surface area contributed by atoms with Crippen LogP contribution in [-0.4, -0.2) is 38.2 Å². The Hall–Kier alpha value is -2.87. The van der Waals surface area contributed by atoms with Gasteiger partial charge in [0.05, 0.1) is 6.42 Å². The van der Waals surface area contributed by atoms with Gasteiger partial charge in [-0.25, -0.2) is 5.43 Å². The Morgan fingerprint density at radius 1 is 1.10 bits per heavy atom. The van der Waals surface area contributed by atoms with Crippen molar-refractivity contribution >= 4 is 44.8 Å². The molecule has 0 atom stereocenters. The number of carbonyl (C=O) groups is 2. The summed E-state index contributed by atoms with van der Waals surface area (Å²) in [7, 11) is 3.90. The predicted molar refractivity (Wildman–Crippen MR) is 120 cm³/mol. The van der Waals surface area contributed by atoms with Gasteiger partial charge >= 0.3 is 0 Å². The van der Waals surface area contributed by atoms with E-state index in [1.165, 1.54) is 0 Å². The molecule has 2 aromatic carbocycles. The normalized spacial score (nSPS) is 11.0. The highest BCUT2D eigenvalue weighted by atomic mass is 79.9. The molecule has 2 amide bonds. The molecule has 0 aliphatic carbocycles. The summed E-state index contributed by atoms with van der Waals surface area (Å²) in [5, 5.41) is 6.75. The largest absolute Gasteiger partial charge is 0.484 e. The summed E-state index contributed by atoms with van der Waals surface area (Å²) >= 11 is 3.41. The maximum absolute atomic E-state index is 12.1. The first kappa shape index (κ1) is 22.4. The van der Waals surface area contributed by atoms with E-state index in [9.17, 15) is 9.59 Å². The number of anilines is 2. The molecule has 0 spiro atoms. The third-order valence-electron chi connectivity index (χ3n) is 3.95. The molecular formula is C21H25BrN4O3. The molecule has 2 rings (SSSR count). The van der Waals surface area contributed by atoms with Gasteiger partial charge in [-0.3, -0.25) is 9.59 Å². The number of nitrogens with one attached hydrogen (secondary N) is 2. The van der Waals surface area contributed by atoms with Crippen LogP contribution < -0.4 is 20.4 Å². The molecule has 0 aliphatic rings. The summed E-state index contributed by atoms with van der Waals surface area (Å²) in [5.41, 5.74) is 5.65. The van der Waals surface area contributed by atoms with Crippen LogP contribution in [0.1, 0.15) is 18.9 Å². The zero-order valence-electron chi connectivity index (χ0n) is 17.0. The van der Waals surface area contributed by atoms with Crippen molar-refractivity contribution in [3.63, 3.8) is 0 Å². The molecule has 154 valence electrons. The summed E-state index contributed by atoms with van der Waals surface area (Å²) < 4.78 is 6.41. The minimum Gasteiger partial charge on any atom is -0.484 e. The number of hydrazone groups is 1. The van der Waals surface area contributed by atoms with Gasteiger partial charge in [0.15, 0.2) is 6.61 Å². The van der Waals surface area contributed by atoms with Crippen molar-refractivity contribution in [1.82, 2.24) is 5.43 Å². The topological polar surface area (TPSA) is 83.0 Å². The molecule has 29 heavy (non-hydrogen) atoms. The van der Waals surface area contributed by atoms with E-state index in [0.717, 1.165) is 15.7 Å². The van der Waals surface area contributed by atoms with E-state index >= 15 is 0 Å². The zero-order valence-corrected chi connectivity index (χ0v) is 18.5. The van der Waals surface area contributed by atoms with Gasteiger partial charge in [0.2, 0.25) is 5.91 Å². The number of benzene rings is 2. The van der Waals surface area contributed by atoms with Crippen molar-refractivity contribution < 1.29 is 14.3 Å². The van der Waals surface area contributed by atoms with Crippen LogP contribution in [0.25, 0.3) is 0 Å². The third-order valence-corrected chi connectivity index (χ3v) is 4.84. The molecule has 0 unspecified atom stereocenters. The summed E-state index contributed by atoms with van der Waals surface area (Å²) in [5.74, 6) is -0.00879. The molecule has 0 bridgehead atoms. The number of amides is 2. The van der Waals surface area contributed by atoms with Crippen LogP contribution in [0.2, 0.25) is 0 Å². The molecule has 0 radical (unpaired) electrons. The van der Waals surface area contributed by atoms with Gasteiger partial charge in [0.1, 0.15) is 5.75 Å². The smallest absolute Gasteiger partial charge is 0.277 e. The van der Waals surface area contributed by atoms with Crippen molar-refractivity contribution in [2.24, 2.45) is 5.10 Å². The lowest BCUT2D eigenvalue weighted by Crippen LogP contribution is -2.26. The average Bonchev–Trinajstić information content (AvgIpc) is 2.67. The van der Waals surface area contributed by atoms with Crippen LogP contribution in [0.3, 0.4) is 0 Å². The van der Waals surface area contributed by atoms with Crippen molar-refractivity contribution in [2.45, 2.75) is 20.3 Å². The lowest BCUT2D eigenvalue weighted by atomic mass is 10.2. The van der Waals surface area contributed by atoms with Crippen molar-refractivity contribution in [3.8, 4) is 5.75 Å². The van der Waals surface area contributed by atoms with E-state index in [1.54, 1.807) is 13.0 Å². The Balaban J connectivity index is 1.77. The molecule has 7 nitrogen and oxygen atoms in total. The van der Waals surface area contributed by atoms with Crippen LogP contribution in [0.15, 0.2) is 52.0 Å². The second-order valence-electron chi connectivity index (χ2n) is 6.75. The lowest BCUT2D eigenvalue weighted by molar-refractivity contribution is -0.123. The van der Waals surface area contributed by atoms with E-state index in [4.69, 9.17) is 4.74 Å². The Morgan fingerprint density at radius 3 is 2.41 bits per heavy atom. The quantitative estimate of drug-likeness (QED) is 0.464. The molecule has 2 aromatic rings. The number of rotatable bonds is 8. The van der Waals surface area contributed by atoms with Crippen LogP contribution in [-0.2, 0) is 9.59 Å². The van der Waals surface area contributed by atoms with E-state index in [1.807, 2.05) is 62.3 Å². The van der Waals surface area contributed by atoms with Crippen LogP contribution in [0.5, 0.6) is 5.75 Å². The summed E-state index contributed by atoms with van der Waals surface area (Å²) in [6, 6.07) is 13.0. The van der Waals surface area contributed by atoms with Gasteiger partial charge in [0, 0.05) is 35.7 Å². The third kappa shape index (κ3) is 7.57. The standard InChI is InChI=1S/C21H25BrN4O3/c1-14-11-18(9-10-19(14)22)29-13-21(28)25-24-15(2)12-20(27)23-16-5-7-17(8-6-16)26(3)4/h5-11H,12-13H2,1-4H3,(H,23,27)(H,25,28). The molecule has 0 saturated carbocycles. The summed E-state index contributed by atoms with van der Waals surface area (Å²) in [4.78, 5) is 26.0. The maximum Gasteiger partial charge on any atom is 0.277 e. The Kier molecular flexibility index (Phi) is 8.21. The fourth-order valence-corrected chi connectivity index (χ4v) is 2.61. The molecule has 0 saturated heterocycles. The molecule has 2 N–H and O–H groups in total. The molecule has 8 heteroatoms. The van der Waals surface area contributed by atoms with Gasteiger partial charge in [-0.2, -0.15) is 5.10 Å². The van der Waals surface area contributed by atoms with Crippen molar-refractivity contribution in [3.05, 3.63) is 52.5 Å². The number of aryl methyl sites for hydroxylation is 1. The highest BCUT2D eigenvalue weighted by Crippen LogP contribution is 2.21. The number of hydrogen-bond acceptors (Lipinski definition) is 5. The number of carbonyl (C=O) groups excluding carboxylic acids is 2. The first-order chi connectivity index (χ1) is 13.7. The van der Waals surface area contributed by atoms with Crippen molar-refractivity contribution in [1.29, 1.82) is 0 Å². The summed E-state index contributed by atoms with van der Waals surface area (Å²) in [6.07, 6.45) is 0.0719. The van der Waals surface area contributed by atoms with Gasteiger partial charge in [-0.1, -0.05) is 15.9 Å². The van der Waals surface area contributed by atoms with Crippen molar-refractivity contribution in [2.75, 3.05) is 30.9 Å². The SMILES string of the molecule is CC(CC(=O)Nc1ccc(N(C)C)cc1)=NNC(=O)COc1ccc(Br)c(C)c1. The monoisotopic (exact) mass is 460 g/mol. The van der Waals surface area contributed by atoms with Gasteiger partial charge in [-0.05, 0) is 61.9 Å². The molecular weight excluding hydrogens is 436 g/mol. The fraction of sp³-hybridized carbons (Fsp3) is 0.286. The number of ether oxygens (including phenoxy) is 1. The molecule has 0 aromatic heterocycles. The number of halogens is 1. The van der Waals surface area contributed by atoms with E-state index in [2.05, 4.69) is 31.8 Å². The Morgan fingerprint density at radius 2 is 1.79 bits per heavy atom. The molecule has 0 heterocycles. The second-order valence-corrected chi connectivity index (χ2v) is 7.60. The van der Waals surface area contributed by atoms with Gasteiger partial charge in [0.25, 0.3) is 5.91 Å². The Labute approximate surface area is 179 Å². The Bertz CT molecular complexity index is 895. The number of hydrogen-bond donors (Lipinski definition) is 2. The van der Waals surface area contributed by atoms with Crippen LogP contribution in [0, 0.1) is 6.92 Å². The zero-order chi connectivity index (χ0) is 21.4. The first-order valence-corrected chi connectivity index (χ1v) is 9.82. The first-order valence-electron chi connectivity index (χ1n) is 9.03. The van der Waals surface area contributed by atoms with Crippen LogP contribution >= 0.6 is 15.9 Å². The van der Waals surface area contributed by atoms with Crippen LogP contribution in [0.4, 0.5) is 11.4 Å². The maximum atomic E-state index is 12.1.